The number of hydrogen-bond donors (Lipinski definition) is 0. The van der Waals surface area contributed by atoms with Gasteiger partial charge in [0.25, 0.3) is 0 Å². The van der Waals surface area contributed by atoms with Gasteiger partial charge in [-0.25, -0.2) is 0 Å². The van der Waals surface area contributed by atoms with Crippen LogP contribution in [0.2, 0.25) is 0 Å². The molecule has 0 heterocycles. The molecule has 0 aliphatic heterocycles. The largest absolute Gasteiger partial charge is 0.497 e. The number of benzene rings is 1. The zero-order valence-corrected chi connectivity index (χ0v) is 11.2. The maximum atomic E-state index is 11.1. The Hall–Kier alpha value is -1.77. The van der Waals surface area contributed by atoms with Crippen molar-refractivity contribution in [2.45, 2.75) is 26.7 Å². The van der Waals surface area contributed by atoms with Crippen molar-refractivity contribution in [1.29, 1.82) is 0 Å². The lowest BCUT2D eigenvalue weighted by Gasteiger charge is -2.03. The minimum Gasteiger partial charge on any atom is -0.497 e. The Kier molecular flexibility index (Phi) is 5.98. The molecule has 0 radical (unpaired) electrons. The molecule has 1 aromatic carbocycles. The fraction of sp³-hybridized carbons (Fsp3) is 0.400. The average molecular weight is 248 g/mol. The molecule has 3 nitrogen and oxygen atoms in total. The van der Waals surface area contributed by atoms with Gasteiger partial charge in [0.1, 0.15) is 5.75 Å². The molecule has 0 aliphatic carbocycles. The highest BCUT2D eigenvalue weighted by molar-refractivity contribution is 5.69. The summed E-state index contributed by atoms with van der Waals surface area (Å²) in [4.78, 5) is 11.1. The molecule has 18 heavy (non-hydrogen) atoms. The third kappa shape index (κ3) is 5.04. The number of hydrogen-bond acceptors (Lipinski definition) is 3. The van der Waals surface area contributed by atoms with Gasteiger partial charge in [0, 0.05) is 6.42 Å². The predicted molar refractivity (Wildman–Crippen MR) is 72.6 cm³/mol. The molecule has 0 aliphatic rings. The van der Waals surface area contributed by atoms with E-state index in [0.717, 1.165) is 16.9 Å². The minimum atomic E-state index is -0.149. The molecule has 3 heteroatoms. The van der Waals surface area contributed by atoms with Crippen LogP contribution in [0.3, 0.4) is 0 Å². The van der Waals surface area contributed by atoms with Crippen molar-refractivity contribution in [3.8, 4) is 5.75 Å². The van der Waals surface area contributed by atoms with Crippen molar-refractivity contribution in [2.24, 2.45) is 0 Å². The third-order valence-electron chi connectivity index (χ3n) is 2.44. The molecule has 0 spiro atoms. The van der Waals surface area contributed by atoms with Gasteiger partial charge in [-0.2, -0.15) is 0 Å². The fourth-order valence-electron chi connectivity index (χ4n) is 1.64. The number of carbonyl (C=O) groups is 1. The highest BCUT2D eigenvalue weighted by atomic mass is 16.5. The van der Waals surface area contributed by atoms with Crippen LogP contribution in [0.4, 0.5) is 0 Å². The lowest BCUT2D eigenvalue weighted by Crippen LogP contribution is -2.02. The summed E-state index contributed by atoms with van der Waals surface area (Å²) in [5.74, 6) is 0.698. The highest BCUT2D eigenvalue weighted by Crippen LogP contribution is 2.17. The van der Waals surface area contributed by atoms with Crippen LogP contribution in [-0.4, -0.2) is 19.7 Å². The topological polar surface area (TPSA) is 35.5 Å². The van der Waals surface area contributed by atoms with Gasteiger partial charge in [-0.3, -0.25) is 4.79 Å². The van der Waals surface area contributed by atoms with E-state index < -0.39 is 0 Å². The van der Waals surface area contributed by atoms with Crippen LogP contribution in [0.1, 0.15) is 30.9 Å². The van der Waals surface area contributed by atoms with Crippen molar-refractivity contribution in [3.05, 3.63) is 35.4 Å². The lowest BCUT2D eigenvalue weighted by atomic mass is 10.1. The van der Waals surface area contributed by atoms with Crippen LogP contribution in [-0.2, 0) is 9.53 Å². The normalized spacial score (nSPS) is 10.6. The monoisotopic (exact) mass is 248 g/mol. The van der Waals surface area contributed by atoms with Gasteiger partial charge < -0.3 is 9.47 Å². The van der Waals surface area contributed by atoms with E-state index in [2.05, 4.69) is 6.07 Å². The number of ether oxygens (including phenoxy) is 2. The molecular weight excluding hydrogens is 228 g/mol. The molecule has 0 saturated carbocycles. The molecule has 0 N–H and O–H groups in total. The van der Waals surface area contributed by atoms with E-state index in [9.17, 15) is 4.79 Å². The van der Waals surface area contributed by atoms with Crippen LogP contribution in [0.25, 0.3) is 6.08 Å². The number of rotatable bonds is 6. The first-order valence-corrected chi connectivity index (χ1v) is 6.13. The highest BCUT2D eigenvalue weighted by Gasteiger charge is 1.99. The smallest absolute Gasteiger partial charge is 0.306 e. The Bertz CT molecular complexity index is 422. The zero-order chi connectivity index (χ0) is 13.4. The first-order valence-electron chi connectivity index (χ1n) is 6.13. The van der Waals surface area contributed by atoms with Crippen LogP contribution in [0.15, 0.2) is 24.3 Å². The second-order valence-corrected chi connectivity index (χ2v) is 4.03. The van der Waals surface area contributed by atoms with Gasteiger partial charge in [-0.05, 0) is 43.5 Å². The quantitative estimate of drug-likeness (QED) is 0.724. The summed E-state index contributed by atoms with van der Waals surface area (Å²) < 4.78 is 10.1. The van der Waals surface area contributed by atoms with Crippen LogP contribution >= 0.6 is 0 Å². The summed E-state index contributed by atoms with van der Waals surface area (Å²) in [5.41, 5.74) is 2.23. The van der Waals surface area contributed by atoms with Crippen molar-refractivity contribution < 1.29 is 14.3 Å². The number of allylic oxidation sites excluding steroid dienone is 1. The Labute approximate surface area is 108 Å². The average Bonchev–Trinajstić information content (AvgIpc) is 2.34. The number of esters is 1. The summed E-state index contributed by atoms with van der Waals surface area (Å²) in [6.45, 7) is 4.28. The molecule has 98 valence electrons. The second-order valence-electron chi connectivity index (χ2n) is 4.03. The van der Waals surface area contributed by atoms with E-state index in [-0.39, 0.29) is 5.97 Å². The van der Waals surface area contributed by atoms with E-state index in [4.69, 9.17) is 9.47 Å². The third-order valence-corrected chi connectivity index (χ3v) is 2.44. The van der Waals surface area contributed by atoms with Crippen molar-refractivity contribution in [1.82, 2.24) is 0 Å². The summed E-state index contributed by atoms with van der Waals surface area (Å²) in [6.07, 6.45) is 5.09. The van der Waals surface area contributed by atoms with Crippen molar-refractivity contribution in [3.63, 3.8) is 0 Å². The van der Waals surface area contributed by atoms with Gasteiger partial charge in [0.05, 0.1) is 13.7 Å². The van der Waals surface area contributed by atoms with Crippen LogP contribution < -0.4 is 4.74 Å². The van der Waals surface area contributed by atoms with Gasteiger partial charge in [0.15, 0.2) is 0 Å². The molecule has 0 unspecified atom stereocenters. The first-order chi connectivity index (χ1) is 8.65. The van der Waals surface area contributed by atoms with Gasteiger partial charge in [-0.1, -0.05) is 18.2 Å². The SMILES string of the molecule is CCOC(=O)CCC=Cc1cc(C)cc(OC)c1. The molecule has 0 atom stereocenters. The van der Waals surface area contributed by atoms with Gasteiger partial charge in [0.2, 0.25) is 0 Å². The second kappa shape index (κ2) is 7.54. The lowest BCUT2D eigenvalue weighted by molar-refractivity contribution is -0.142. The number of carbonyl (C=O) groups excluding carboxylic acids is 1. The number of aryl methyl sites for hydroxylation is 1. The standard InChI is InChI=1S/C15H20O3/c1-4-18-15(16)8-6-5-7-13-9-12(2)10-14(11-13)17-3/h5,7,9-11H,4,6,8H2,1-3H3. The molecule has 0 bridgehead atoms. The Morgan fingerprint density at radius 2 is 2.11 bits per heavy atom. The molecule has 0 amide bonds. The predicted octanol–water partition coefficient (Wildman–Crippen LogP) is 3.36. The Morgan fingerprint density at radius 3 is 2.78 bits per heavy atom. The van der Waals surface area contributed by atoms with Gasteiger partial charge in [-0.15, -0.1) is 0 Å². The van der Waals surface area contributed by atoms with Crippen molar-refractivity contribution >= 4 is 12.0 Å². The number of methoxy groups -OCH3 is 1. The summed E-state index contributed by atoms with van der Waals surface area (Å²) >= 11 is 0. The van der Waals surface area contributed by atoms with E-state index in [1.165, 1.54) is 0 Å². The van der Waals surface area contributed by atoms with E-state index >= 15 is 0 Å². The molecule has 1 rings (SSSR count). The maximum absolute atomic E-state index is 11.1. The molecule has 0 fully saturated rings. The summed E-state index contributed by atoms with van der Waals surface area (Å²) in [5, 5.41) is 0. The Morgan fingerprint density at radius 1 is 1.33 bits per heavy atom. The molecule has 0 aromatic heterocycles. The molecule has 0 saturated heterocycles. The summed E-state index contributed by atoms with van der Waals surface area (Å²) in [6, 6.07) is 6.02. The van der Waals surface area contributed by atoms with Gasteiger partial charge >= 0.3 is 5.97 Å². The van der Waals surface area contributed by atoms with E-state index in [1.807, 2.05) is 38.1 Å². The molecular formula is C15H20O3. The Balaban J connectivity index is 2.51. The van der Waals surface area contributed by atoms with E-state index in [1.54, 1.807) is 7.11 Å². The molecule has 1 aromatic rings. The van der Waals surface area contributed by atoms with Crippen molar-refractivity contribution in [2.75, 3.05) is 13.7 Å². The van der Waals surface area contributed by atoms with Crippen LogP contribution in [0, 0.1) is 6.92 Å². The maximum Gasteiger partial charge on any atom is 0.306 e. The first kappa shape index (κ1) is 14.3. The van der Waals surface area contributed by atoms with E-state index in [0.29, 0.717) is 19.4 Å². The summed E-state index contributed by atoms with van der Waals surface area (Å²) in [7, 11) is 1.66. The van der Waals surface area contributed by atoms with Crippen LogP contribution in [0.5, 0.6) is 5.75 Å². The zero-order valence-electron chi connectivity index (χ0n) is 11.2. The minimum absolute atomic E-state index is 0.149. The fourth-order valence-corrected chi connectivity index (χ4v) is 1.64.